The maximum atomic E-state index is 13.2. The van der Waals surface area contributed by atoms with Crippen molar-refractivity contribution in [1.29, 1.82) is 0 Å². The van der Waals surface area contributed by atoms with E-state index in [1.165, 1.54) is 12.1 Å². The standard InChI is InChI=1S/C19H26ClN3O4S/c1-12-9-13(20)3-4-17(12)28(26,27)14-10-15(18(21)24)16(11-14)19(25)23-7-5-22(2)6-8-23/h3-4,9,14-16H,5-8,10-11H2,1-2H3,(H2,21,24)/t14-,15-,16-/m1/s1. The fourth-order valence-corrected chi connectivity index (χ4v) is 6.48. The second-order valence-electron chi connectivity index (χ2n) is 7.79. The molecule has 0 aromatic heterocycles. The first kappa shape index (κ1) is 21.1. The SMILES string of the molecule is Cc1cc(Cl)ccc1S(=O)(=O)[C@@H]1C[C@@H](C(N)=O)[C@H](C(=O)N2CCN(C)CC2)C1. The maximum absolute atomic E-state index is 13.2. The van der Waals surface area contributed by atoms with Gasteiger partial charge in [-0.05, 0) is 50.6 Å². The van der Waals surface area contributed by atoms with Gasteiger partial charge in [-0.3, -0.25) is 9.59 Å². The van der Waals surface area contributed by atoms with Crippen LogP contribution >= 0.6 is 11.6 Å². The number of hydrogen-bond acceptors (Lipinski definition) is 5. The molecule has 0 spiro atoms. The Balaban J connectivity index is 1.85. The van der Waals surface area contributed by atoms with Gasteiger partial charge >= 0.3 is 0 Å². The summed E-state index contributed by atoms with van der Waals surface area (Å²) >= 11 is 5.94. The highest BCUT2D eigenvalue weighted by Crippen LogP contribution is 2.40. The minimum atomic E-state index is -3.70. The highest BCUT2D eigenvalue weighted by Gasteiger charge is 2.48. The van der Waals surface area contributed by atoms with E-state index >= 15 is 0 Å². The smallest absolute Gasteiger partial charge is 0.226 e. The van der Waals surface area contributed by atoms with Gasteiger partial charge in [0, 0.05) is 31.2 Å². The zero-order chi connectivity index (χ0) is 20.6. The lowest BCUT2D eigenvalue weighted by Gasteiger charge is -2.34. The number of primary amides is 1. The third-order valence-electron chi connectivity index (χ3n) is 5.90. The summed E-state index contributed by atoms with van der Waals surface area (Å²) in [5, 5.41) is -0.354. The molecule has 0 bridgehead atoms. The van der Waals surface area contributed by atoms with E-state index in [1.54, 1.807) is 17.9 Å². The number of sulfone groups is 1. The lowest BCUT2D eigenvalue weighted by Crippen LogP contribution is -2.50. The van der Waals surface area contributed by atoms with Gasteiger partial charge in [-0.1, -0.05) is 11.6 Å². The van der Waals surface area contributed by atoms with E-state index in [0.717, 1.165) is 13.1 Å². The van der Waals surface area contributed by atoms with Gasteiger partial charge in [-0.2, -0.15) is 0 Å². The van der Waals surface area contributed by atoms with Gasteiger partial charge in [0.1, 0.15) is 0 Å². The van der Waals surface area contributed by atoms with Crippen LogP contribution in [0, 0.1) is 18.8 Å². The fourth-order valence-electron chi connectivity index (χ4n) is 4.20. The Hall–Kier alpha value is -1.64. The van der Waals surface area contributed by atoms with Crippen LogP contribution in [0.3, 0.4) is 0 Å². The molecule has 0 unspecified atom stereocenters. The first-order chi connectivity index (χ1) is 13.1. The van der Waals surface area contributed by atoms with Crippen molar-refractivity contribution in [2.45, 2.75) is 29.9 Å². The predicted octanol–water partition coefficient (Wildman–Crippen LogP) is 1.08. The Morgan fingerprint density at radius 3 is 2.29 bits per heavy atom. The van der Waals surface area contributed by atoms with Crippen molar-refractivity contribution < 1.29 is 18.0 Å². The van der Waals surface area contributed by atoms with Crippen LogP contribution in [0.15, 0.2) is 23.1 Å². The number of benzene rings is 1. The molecular formula is C19H26ClN3O4S. The molecule has 2 aliphatic rings. The van der Waals surface area contributed by atoms with E-state index in [2.05, 4.69) is 4.90 Å². The number of carbonyl (C=O) groups excluding carboxylic acids is 2. The van der Waals surface area contributed by atoms with Crippen molar-refractivity contribution in [2.24, 2.45) is 17.6 Å². The Kier molecular flexibility index (Phi) is 6.03. The van der Waals surface area contributed by atoms with Crippen LogP contribution in [0.1, 0.15) is 18.4 Å². The zero-order valence-electron chi connectivity index (χ0n) is 16.1. The minimum absolute atomic E-state index is 0.0733. The quantitative estimate of drug-likeness (QED) is 0.774. The molecule has 7 nitrogen and oxygen atoms in total. The van der Waals surface area contributed by atoms with Crippen LogP contribution in [0.4, 0.5) is 0 Å². The Morgan fingerprint density at radius 1 is 1.11 bits per heavy atom. The Labute approximate surface area is 170 Å². The van der Waals surface area contributed by atoms with Gasteiger partial charge in [0.2, 0.25) is 11.8 Å². The molecule has 1 heterocycles. The second-order valence-corrected chi connectivity index (χ2v) is 10.4. The van der Waals surface area contributed by atoms with Crippen molar-refractivity contribution in [3.8, 4) is 0 Å². The van der Waals surface area contributed by atoms with Gasteiger partial charge in [-0.15, -0.1) is 0 Å². The van der Waals surface area contributed by atoms with Crippen LogP contribution in [0.25, 0.3) is 0 Å². The highest BCUT2D eigenvalue weighted by atomic mass is 35.5. The molecule has 1 aliphatic heterocycles. The number of amides is 2. The normalized spacial score (nSPS) is 26.4. The van der Waals surface area contributed by atoms with Crippen LogP contribution in [-0.2, 0) is 19.4 Å². The lowest BCUT2D eigenvalue weighted by atomic mass is 9.94. The zero-order valence-corrected chi connectivity index (χ0v) is 17.7. The van der Waals surface area contributed by atoms with Crippen LogP contribution in [0.5, 0.6) is 0 Å². The van der Waals surface area contributed by atoms with E-state index in [1.807, 2.05) is 7.05 Å². The monoisotopic (exact) mass is 427 g/mol. The van der Waals surface area contributed by atoms with Gasteiger partial charge in [-0.25, -0.2) is 8.42 Å². The molecule has 2 N–H and O–H groups in total. The Bertz CT molecular complexity index is 881. The van der Waals surface area contributed by atoms with Crippen LogP contribution in [0.2, 0.25) is 5.02 Å². The van der Waals surface area contributed by atoms with Gasteiger partial charge in [0.05, 0.1) is 22.0 Å². The van der Waals surface area contributed by atoms with Crippen molar-refractivity contribution >= 4 is 33.3 Å². The number of nitrogens with zero attached hydrogens (tertiary/aromatic N) is 2. The third-order valence-corrected chi connectivity index (χ3v) is 8.47. The average molecular weight is 428 g/mol. The van der Waals surface area contributed by atoms with Crippen molar-refractivity contribution in [3.63, 3.8) is 0 Å². The second kappa shape index (κ2) is 8.00. The van der Waals surface area contributed by atoms with E-state index < -0.39 is 32.8 Å². The van der Waals surface area contributed by atoms with E-state index in [-0.39, 0.29) is 23.6 Å². The third kappa shape index (κ3) is 4.04. The van der Waals surface area contributed by atoms with Crippen molar-refractivity contribution in [2.75, 3.05) is 33.2 Å². The topological polar surface area (TPSA) is 101 Å². The van der Waals surface area contributed by atoms with Gasteiger partial charge in [0.15, 0.2) is 9.84 Å². The summed E-state index contributed by atoms with van der Waals surface area (Å²) in [6.07, 6.45) is 0.188. The number of hydrogen-bond donors (Lipinski definition) is 1. The van der Waals surface area contributed by atoms with E-state index in [9.17, 15) is 18.0 Å². The van der Waals surface area contributed by atoms with Gasteiger partial charge in [0.25, 0.3) is 0 Å². The molecule has 1 saturated heterocycles. The molecule has 1 saturated carbocycles. The molecule has 3 atom stereocenters. The number of carbonyl (C=O) groups is 2. The molecule has 1 aromatic carbocycles. The first-order valence-corrected chi connectivity index (χ1v) is 11.3. The molecule has 1 aromatic rings. The number of aryl methyl sites for hydroxylation is 1. The predicted molar refractivity (Wildman–Crippen MR) is 107 cm³/mol. The lowest BCUT2D eigenvalue weighted by molar-refractivity contribution is -0.141. The molecule has 1 aliphatic carbocycles. The average Bonchev–Trinajstić information content (AvgIpc) is 3.08. The summed E-state index contributed by atoms with van der Waals surface area (Å²) in [6, 6.07) is 4.62. The molecule has 0 radical (unpaired) electrons. The maximum Gasteiger partial charge on any atom is 0.226 e. The number of nitrogens with two attached hydrogens (primary N) is 1. The van der Waals surface area contributed by atoms with Gasteiger partial charge < -0.3 is 15.5 Å². The molecular weight excluding hydrogens is 402 g/mol. The van der Waals surface area contributed by atoms with E-state index in [4.69, 9.17) is 17.3 Å². The summed E-state index contributed by atoms with van der Waals surface area (Å²) in [5.74, 6) is -2.23. The molecule has 2 fully saturated rings. The number of halogens is 1. The molecule has 2 amide bonds. The summed E-state index contributed by atoms with van der Waals surface area (Å²) in [7, 11) is -1.72. The summed E-state index contributed by atoms with van der Waals surface area (Å²) in [4.78, 5) is 29.1. The van der Waals surface area contributed by atoms with E-state index in [0.29, 0.717) is 23.7 Å². The summed E-state index contributed by atoms with van der Waals surface area (Å²) in [6.45, 7) is 4.35. The van der Waals surface area contributed by atoms with Crippen LogP contribution in [-0.4, -0.2) is 68.5 Å². The summed E-state index contributed by atoms with van der Waals surface area (Å²) in [5.41, 5.74) is 6.09. The number of piperazine rings is 1. The Morgan fingerprint density at radius 2 is 1.71 bits per heavy atom. The van der Waals surface area contributed by atoms with Crippen molar-refractivity contribution in [3.05, 3.63) is 28.8 Å². The van der Waals surface area contributed by atoms with Crippen LogP contribution < -0.4 is 5.73 Å². The molecule has 154 valence electrons. The summed E-state index contributed by atoms with van der Waals surface area (Å²) < 4.78 is 26.4. The fraction of sp³-hybridized carbons (Fsp3) is 0.579. The molecule has 3 rings (SSSR count). The highest BCUT2D eigenvalue weighted by molar-refractivity contribution is 7.92. The number of rotatable bonds is 4. The number of likely N-dealkylation sites (N-methyl/N-ethyl adjacent to an activating group) is 1. The van der Waals surface area contributed by atoms with Crippen molar-refractivity contribution in [1.82, 2.24) is 9.80 Å². The largest absolute Gasteiger partial charge is 0.369 e. The first-order valence-electron chi connectivity index (χ1n) is 9.38. The molecule has 28 heavy (non-hydrogen) atoms. The minimum Gasteiger partial charge on any atom is -0.369 e. The molecule has 9 heteroatoms.